The number of aliphatic hydroxyl groups is 2. The quantitative estimate of drug-likeness (QED) is 0.878. The molecule has 0 spiro atoms. The van der Waals surface area contributed by atoms with Crippen molar-refractivity contribution >= 4 is 11.6 Å². The lowest BCUT2D eigenvalue weighted by Gasteiger charge is -2.41. The number of anilines is 1. The van der Waals surface area contributed by atoms with Gasteiger partial charge in [-0.3, -0.25) is 4.79 Å². The predicted molar refractivity (Wildman–Crippen MR) is 94.0 cm³/mol. The van der Waals surface area contributed by atoms with Gasteiger partial charge in [0.25, 0.3) is 0 Å². The Morgan fingerprint density at radius 1 is 1.33 bits per heavy atom. The molecule has 2 aliphatic heterocycles. The number of aliphatic hydroxyl groups excluding tert-OH is 1. The van der Waals surface area contributed by atoms with Gasteiger partial charge in [-0.15, -0.1) is 0 Å². The van der Waals surface area contributed by atoms with E-state index in [-0.39, 0.29) is 5.91 Å². The minimum absolute atomic E-state index is 0.146. The van der Waals surface area contributed by atoms with Crippen molar-refractivity contribution in [3.05, 3.63) is 29.8 Å². The summed E-state index contributed by atoms with van der Waals surface area (Å²) in [5.41, 5.74) is 1.33. The zero-order valence-corrected chi connectivity index (χ0v) is 14.4. The van der Waals surface area contributed by atoms with E-state index in [0.29, 0.717) is 32.4 Å². The molecular formula is C19H28N2O3. The van der Waals surface area contributed by atoms with Crippen molar-refractivity contribution in [2.75, 3.05) is 31.1 Å². The van der Waals surface area contributed by atoms with E-state index >= 15 is 0 Å². The molecule has 0 radical (unpaired) electrons. The Morgan fingerprint density at radius 3 is 2.88 bits per heavy atom. The molecule has 1 fully saturated rings. The number of para-hydroxylation sites is 1. The molecule has 2 atom stereocenters. The molecule has 1 saturated heterocycles. The first-order valence-corrected chi connectivity index (χ1v) is 9.04. The maximum Gasteiger partial charge on any atom is 0.228 e. The highest BCUT2D eigenvalue weighted by Gasteiger charge is 2.39. The first-order valence-electron chi connectivity index (χ1n) is 9.04. The van der Waals surface area contributed by atoms with Crippen molar-refractivity contribution < 1.29 is 15.0 Å². The number of carbonyl (C=O) groups is 1. The van der Waals surface area contributed by atoms with E-state index in [1.807, 2.05) is 30.0 Å². The Morgan fingerprint density at radius 2 is 2.12 bits per heavy atom. The van der Waals surface area contributed by atoms with Crippen molar-refractivity contribution in [3.8, 4) is 0 Å². The highest BCUT2D eigenvalue weighted by molar-refractivity contribution is 5.94. The molecule has 1 aromatic rings. The van der Waals surface area contributed by atoms with Gasteiger partial charge in [0.1, 0.15) is 0 Å². The van der Waals surface area contributed by atoms with E-state index in [9.17, 15) is 15.0 Å². The summed E-state index contributed by atoms with van der Waals surface area (Å²) >= 11 is 0. The summed E-state index contributed by atoms with van der Waals surface area (Å²) in [6.07, 6.45) is 2.88. The predicted octanol–water partition coefficient (Wildman–Crippen LogP) is 1.56. The standard InChI is InChI=1S/C19H28N2O3/c1-2-19(24)10-13-20(14-17(19)22)12-9-18(23)21-11-5-7-15-6-3-4-8-16(15)21/h3-4,6,8,17,22,24H,2,5,7,9-14H2,1H3/t17-,19-/m1/s1. The van der Waals surface area contributed by atoms with E-state index in [1.54, 1.807) is 0 Å². The number of rotatable bonds is 4. The fourth-order valence-corrected chi connectivity index (χ4v) is 3.82. The van der Waals surface area contributed by atoms with E-state index in [1.165, 1.54) is 5.56 Å². The van der Waals surface area contributed by atoms with Crippen molar-refractivity contribution in [1.29, 1.82) is 0 Å². The molecule has 5 nitrogen and oxygen atoms in total. The third-order valence-corrected chi connectivity index (χ3v) is 5.58. The van der Waals surface area contributed by atoms with Gasteiger partial charge < -0.3 is 20.0 Å². The van der Waals surface area contributed by atoms with Gasteiger partial charge in [-0.2, -0.15) is 0 Å². The molecule has 24 heavy (non-hydrogen) atoms. The zero-order chi connectivity index (χ0) is 17.2. The Labute approximate surface area is 143 Å². The van der Waals surface area contributed by atoms with Crippen molar-refractivity contribution in [2.45, 2.75) is 50.7 Å². The first kappa shape index (κ1) is 17.4. The van der Waals surface area contributed by atoms with E-state index < -0.39 is 11.7 Å². The van der Waals surface area contributed by atoms with E-state index in [2.05, 4.69) is 11.0 Å². The van der Waals surface area contributed by atoms with Crippen molar-refractivity contribution in [3.63, 3.8) is 0 Å². The normalized spacial score (nSPS) is 27.8. The lowest BCUT2D eigenvalue weighted by molar-refractivity contribution is -0.125. The molecule has 0 unspecified atom stereocenters. The highest BCUT2D eigenvalue weighted by Crippen LogP contribution is 2.28. The maximum atomic E-state index is 12.7. The van der Waals surface area contributed by atoms with E-state index in [0.717, 1.165) is 31.6 Å². The zero-order valence-electron chi connectivity index (χ0n) is 14.4. The molecule has 3 rings (SSSR count). The third-order valence-electron chi connectivity index (χ3n) is 5.58. The van der Waals surface area contributed by atoms with Gasteiger partial charge in [-0.05, 0) is 37.3 Å². The Kier molecular flexibility index (Phi) is 5.23. The number of fused-ring (bicyclic) bond motifs is 1. The van der Waals surface area contributed by atoms with Crippen LogP contribution in [0.5, 0.6) is 0 Å². The maximum absolute atomic E-state index is 12.7. The van der Waals surface area contributed by atoms with Crippen LogP contribution in [-0.2, 0) is 11.2 Å². The molecule has 0 aliphatic carbocycles. The lowest BCUT2D eigenvalue weighted by Crippen LogP contribution is -2.55. The van der Waals surface area contributed by atoms with Crippen LogP contribution in [0.25, 0.3) is 0 Å². The average Bonchev–Trinajstić information content (AvgIpc) is 2.62. The highest BCUT2D eigenvalue weighted by atomic mass is 16.3. The number of aryl methyl sites for hydroxylation is 1. The van der Waals surface area contributed by atoms with Gasteiger partial charge in [0.05, 0.1) is 11.7 Å². The van der Waals surface area contributed by atoms with Crippen LogP contribution < -0.4 is 4.90 Å². The fraction of sp³-hybridized carbons (Fsp3) is 0.632. The number of hydrogen-bond acceptors (Lipinski definition) is 4. The Bertz CT molecular complexity index is 592. The molecule has 2 aliphatic rings. The first-order chi connectivity index (χ1) is 11.5. The molecule has 0 aromatic heterocycles. The monoisotopic (exact) mass is 332 g/mol. The number of nitrogens with zero attached hydrogens (tertiary/aromatic N) is 2. The molecule has 0 saturated carbocycles. The summed E-state index contributed by atoms with van der Waals surface area (Å²) in [4.78, 5) is 16.6. The summed E-state index contributed by atoms with van der Waals surface area (Å²) in [6, 6.07) is 8.13. The Balaban J connectivity index is 1.56. The molecule has 5 heteroatoms. The van der Waals surface area contributed by atoms with Gasteiger partial charge in [-0.1, -0.05) is 25.1 Å². The summed E-state index contributed by atoms with van der Waals surface area (Å²) in [5.74, 6) is 0.146. The van der Waals surface area contributed by atoms with Crippen LogP contribution in [0.4, 0.5) is 5.69 Å². The number of likely N-dealkylation sites (tertiary alicyclic amines) is 1. The minimum atomic E-state index is -0.966. The molecule has 0 bridgehead atoms. The smallest absolute Gasteiger partial charge is 0.228 e. The van der Waals surface area contributed by atoms with Crippen LogP contribution in [-0.4, -0.2) is 58.9 Å². The lowest BCUT2D eigenvalue weighted by atomic mass is 9.86. The molecule has 1 aromatic carbocycles. The van der Waals surface area contributed by atoms with Crippen LogP contribution in [0.1, 0.15) is 38.2 Å². The number of amides is 1. The molecule has 1 amide bonds. The largest absolute Gasteiger partial charge is 0.389 e. The summed E-state index contributed by atoms with van der Waals surface area (Å²) in [7, 11) is 0. The van der Waals surface area contributed by atoms with Crippen molar-refractivity contribution in [1.82, 2.24) is 4.90 Å². The van der Waals surface area contributed by atoms with Gasteiger partial charge in [0.2, 0.25) is 5.91 Å². The third kappa shape index (κ3) is 3.48. The molecular weight excluding hydrogens is 304 g/mol. The number of carbonyl (C=O) groups excluding carboxylic acids is 1. The summed E-state index contributed by atoms with van der Waals surface area (Å²) in [5, 5.41) is 20.5. The second kappa shape index (κ2) is 7.21. The Hall–Kier alpha value is -1.43. The average molecular weight is 332 g/mol. The summed E-state index contributed by atoms with van der Waals surface area (Å²) < 4.78 is 0. The van der Waals surface area contributed by atoms with Crippen LogP contribution in [0, 0.1) is 0 Å². The van der Waals surface area contributed by atoms with Gasteiger partial charge in [-0.25, -0.2) is 0 Å². The van der Waals surface area contributed by atoms with Gasteiger partial charge in [0.15, 0.2) is 0 Å². The molecule has 132 valence electrons. The van der Waals surface area contributed by atoms with E-state index in [4.69, 9.17) is 0 Å². The van der Waals surface area contributed by atoms with Crippen LogP contribution in [0.2, 0.25) is 0 Å². The van der Waals surface area contributed by atoms with Crippen LogP contribution in [0.15, 0.2) is 24.3 Å². The minimum Gasteiger partial charge on any atom is -0.389 e. The molecule has 2 heterocycles. The summed E-state index contributed by atoms with van der Waals surface area (Å²) in [6.45, 7) is 4.48. The van der Waals surface area contributed by atoms with Crippen LogP contribution in [0.3, 0.4) is 0 Å². The molecule has 2 N–H and O–H groups in total. The second-order valence-electron chi connectivity index (χ2n) is 7.05. The van der Waals surface area contributed by atoms with Gasteiger partial charge >= 0.3 is 0 Å². The van der Waals surface area contributed by atoms with Crippen molar-refractivity contribution in [2.24, 2.45) is 0 Å². The fourth-order valence-electron chi connectivity index (χ4n) is 3.82. The van der Waals surface area contributed by atoms with Crippen LogP contribution >= 0.6 is 0 Å². The number of benzene rings is 1. The topological polar surface area (TPSA) is 64.0 Å². The number of β-amino-alcohol motifs (C(OH)–C–C–N with tert-alkyl or cyclic N) is 1. The number of hydrogen-bond donors (Lipinski definition) is 2. The SMILES string of the molecule is CC[C@@]1(O)CCN(CCC(=O)N2CCCc3ccccc32)C[C@H]1O. The second-order valence-corrected chi connectivity index (χ2v) is 7.05. The number of piperidine rings is 1. The van der Waals surface area contributed by atoms with Gasteiger partial charge in [0, 0.05) is 38.3 Å².